The van der Waals surface area contributed by atoms with Gasteiger partial charge in [0.2, 0.25) is 0 Å². The number of piperidine rings is 1. The highest BCUT2D eigenvalue weighted by Crippen LogP contribution is 2.64. The molecule has 0 bridgehead atoms. The Kier molecular flexibility index (Phi) is 4.65. The molecule has 2 aliphatic heterocycles. The number of sulfone groups is 1. The standard InChI is InChI=1S/C21H30F3N3O2S/c1-13(2)27-17(10-18(25-27)21(22,23)24)19-15-8-14(9-16(15)19)26-6-3-4-20(11-26)5-7-30(28,29)12-20/h10,13-16,19H,3-9,11-12H2,1-2H3/t14-,15-,16+,19+,20-/m1/s1. The lowest BCUT2D eigenvalue weighted by Gasteiger charge is -2.43. The molecule has 3 heterocycles. The molecule has 0 radical (unpaired) electrons. The van der Waals surface area contributed by atoms with Crippen molar-refractivity contribution in [1.29, 1.82) is 0 Å². The molecule has 0 N–H and O–H groups in total. The van der Waals surface area contributed by atoms with Crippen LogP contribution >= 0.6 is 0 Å². The lowest BCUT2D eigenvalue weighted by atomic mass is 9.79. The highest BCUT2D eigenvalue weighted by atomic mass is 32.2. The normalized spacial score (nSPS) is 38.5. The Morgan fingerprint density at radius 1 is 1.20 bits per heavy atom. The first-order chi connectivity index (χ1) is 14.0. The number of hydrogen-bond acceptors (Lipinski definition) is 4. The molecule has 168 valence electrons. The number of rotatable bonds is 3. The van der Waals surface area contributed by atoms with Gasteiger partial charge in [-0.05, 0) is 75.8 Å². The first kappa shape index (κ1) is 20.8. The molecule has 5 atom stereocenters. The number of halogens is 3. The molecule has 1 aromatic rings. The van der Waals surface area contributed by atoms with Gasteiger partial charge in [-0.15, -0.1) is 0 Å². The lowest BCUT2D eigenvalue weighted by Crippen LogP contribution is -2.48. The quantitative estimate of drug-likeness (QED) is 0.709. The summed E-state index contributed by atoms with van der Waals surface area (Å²) >= 11 is 0. The topological polar surface area (TPSA) is 55.2 Å². The van der Waals surface area contributed by atoms with Crippen molar-refractivity contribution in [3.63, 3.8) is 0 Å². The summed E-state index contributed by atoms with van der Waals surface area (Å²) in [5.74, 6) is 1.68. The molecule has 2 saturated heterocycles. The maximum absolute atomic E-state index is 13.2. The number of aromatic nitrogens is 2. The summed E-state index contributed by atoms with van der Waals surface area (Å²) in [5.41, 5.74) is -0.114. The van der Waals surface area contributed by atoms with Crippen molar-refractivity contribution >= 4 is 9.84 Å². The minimum atomic E-state index is -4.41. The van der Waals surface area contributed by atoms with Crippen LogP contribution in [-0.4, -0.2) is 53.7 Å². The lowest BCUT2D eigenvalue weighted by molar-refractivity contribution is -0.141. The summed E-state index contributed by atoms with van der Waals surface area (Å²) < 4.78 is 65.3. The molecule has 2 aliphatic carbocycles. The van der Waals surface area contributed by atoms with Crippen LogP contribution in [0.5, 0.6) is 0 Å². The highest BCUT2D eigenvalue weighted by molar-refractivity contribution is 7.91. The monoisotopic (exact) mass is 445 g/mol. The molecule has 0 unspecified atom stereocenters. The Labute approximate surface area is 175 Å². The fourth-order valence-corrected chi connectivity index (χ4v) is 8.82. The van der Waals surface area contributed by atoms with Crippen LogP contribution in [0.3, 0.4) is 0 Å². The molecule has 0 amide bonds. The van der Waals surface area contributed by atoms with Crippen LogP contribution in [0, 0.1) is 17.3 Å². The molecule has 4 aliphatic rings. The molecule has 1 aromatic heterocycles. The van der Waals surface area contributed by atoms with Gasteiger partial charge in [-0.2, -0.15) is 18.3 Å². The third-order valence-corrected chi connectivity index (χ3v) is 9.86. The molecular formula is C21H30F3N3O2S. The summed E-state index contributed by atoms with van der Waals surface area (Å²) in [4.78, 5) is 2.49. The van der Waals surface area contributed by atoms with Gasteiger partial charge in [-0.3, -0.25) is 9.58 Å². The average molecular weight is 446 g/mol. The van der Waals surface area contributed by atoms with Gasteiger partial charge in [-0.1, -0.05) is 0 Å². The van der Waals surface area contributed by atoms with Crippen molar-refractivity contribution in [3.8, 4) is 0 Å². The molecule has 0 aromatic carbocycles. The second-order valence-corrected chi connectivity index (χ2v) is 12.6. The first-order valence-electron chi connectivity index (χ1n) is 11.1. The van der Waals surface area contributed by atoms with Crippen molar-refractivity contribution in [2.45, 2.75) is 70.1 Å². The molecular weight excluding hydrogens is 415 g/mol. The van der Waals surface area contributed by atoms with E-state index in [1.807, 2.05) is 13.8 Å². The van der Waals surface area contributed by atoms with Crippen molar-refractivity contribution in [1.82, 2.24) is 14.7 Å². The van der Waals surface area contributed by atoms with Crippen LogP contribution in [0.25, 0.3) is 0 Å². The van der Waals surface area contributed by atoms with E-state index in [1.165, 1.54) is 6.07 Å². The maximum Gasteiger partial charge on any atom is 0.435 e. The van der Waals surface area contributed by atoms with Crippen molar-refractivity contribution in [3.05, 3.63) is 17.5 Å². The summed E-state index contributed by atoms with van der Waals surface area (Å²) in [5, 5.41) is 3.86. The Bertz CT molecular complexity index is 930. The summed E-state index contributed by atoms with van der Waals surface area (Å²) in [6.45, 7) is 5.63. The molecule has 30 heavy (non-hydrogen) atoms. The molecule has 5 rings (SSSR count). The Balaban J connectivity index is 1.27. The molecule has 9 heteroatoms. The third kappa shape index (κ3) is 3.49. The molecule has 5 nitrogen and oxygen atoms in total. The van der Waals surface area contributed by atoms with Gasteiger partial charge in [0.25, 0.3) is 0 Å². The van der Waals surface area contributed by atoms with Gasteiger partial charge in [0, 0.05) is 30.2 Å². The highest BCUT2D eigenvalue weighted by Gasteiger charge is 2.60. The van der Waals surface area contributed by atoms with Crippen molar-refractivity contribution in [2.75, 3.05) is 24.6 Å². The number of hydrogen-bond donors (Lipinski definition) is 0. The van der Waals surface area contributed by atoms with Crippen LogP contribution in [0.1, 0.15) is 69.3 Å². The van der Waals surface area contributed by atoms with E-state index >= 15 is 0 Å². The second kappa shape index (κ2) is 6.70. The van der Waals surface area contributed by atoms with E-state index in [2.05, 4.69) is 10.00 Å². The van der Waals surface area contributed by atoms with Gasteiger partial charge >= 0.3 is 6.18 Å². The minimum absolute atomic E-state index is 0.0683. The zero-order valence-corrected chi connectivity index (χ0v) is 18.3. The van der Waals surface area contributed by atoms with Crippen molar-refractivity contribution < 1.29 is 21.6 Å². The van der Waals surface area contributed by atoms with E-state index in [1.54, 1.807) is 4.68 Å². The van der Waals surface area contributed by atoms with Crippen molar-refractivity contribution in [2.24, 2.45) is 17.3 Å². The van der Waals surface area contributed by atoms with Gasteiger partial charge in [0.1, 0.15) is 0 Å². The van der Waals surface area contributed by atoms with Crippen LogP contribution < -0.4 is 0 Å². The Morgan fingerprint density at radius 3 is 2.47 bits per heavy atom. The number of alkyl halides is 3. The van der Waals surface area contributed by atoms with E-state index in [9.17, 15) is 21.6 Å². The SMILES string of the molecule is CC(C)n1nc(C(F)(F)F)cc1[C@H]1[C@@H]2C[C@@H](N3CCC[C@@]4(CCS(=O)(=O)C4)C3)C[C@@H]21. The third-order valence-electron chi connectivity index (χ3n) is 7.98. The fraction of sp³-hybridized carbons (Fsp3) is 0.857. The molecule has 4 fully saturated rings. The first-order valence-corrected chi connectivity index (χ1v) is 12.9. The van der Waals surface area contributed by atoms with E-state index in [0.29, 0.717) is 29.4 Å². The minimum Gasteiger partial charge on any atom is -0.300 e. The molecule has 1 spiro atoms. The van der Waals surface area contributed by atoms with E-state index < -0.39 is 21.7 Å². The zero-order valence-electron chi connectivity index (χ0n) is 17.5. The predicted molar refractivity (Wildman–Crippen MR) is 107 cm³/mol. The average Bonchev–Trinajstić information content (AvgIpc) is 3.03. The smallest absolute Gasteiger partial charge is 0.300 e. The van der Waals surface area contributed by atoms with E-state index in [-0.39, 0.29) is 17.4 Å². The van der Waals surface area contributed by atoms with Gasteiger partial charge in [0.15, 0.2) is 15.5 Å². The summed E-state index contributed by atoms with van der Waals surface area (Å²) in [6.07, 6.45) is 0.414. The Hall–Kier alpha value is -1.09. The van der Waals surface area contributed by atoms with E-state index in [0.717, 1.165) is 50.9 Å². The van der Waals surface area contributed by atoms with Gasteiger partial charge in [0.05, 0.1) is 11.5 Å². The van der Waals surface area contributed by atoms with Gasteiger partial charge in [-0.25, -0.2) is 8.42 Å². The fourth-order valence-electron chi connectivity index (χ4n) is 6.62. The van der Waals surface area contributed by atoms with E-state index in [4.69, 9.17) is 0 Å². The number of nitrogens with zero attached hydrogens (tertiary/aromatic N) is 3. The second-order valence-electron chi connectivity index (χ2n) is 10.4. The largest absolute Gasteiger partial charge is 0.435 e. The van der Waals surface area contributed by atoms with Crippen LogP contribution in [-0.2, 0) is 16.0 Å². The van der Waals surface area contributed by atoms with Crippen LogP contribution in [0.15, 0.2) is 6.07 Å². The van der Waals surface area contributed by atoms with Crippen LogP contribution in [0.4, 0.5) is 13.2 Å². The predicted octanol–water partition coefficient (Wildman–Crippen LogP) is 3.88. The number of likely N-dealkylation sites (tertiary alicyclic amines) is 1. The maximum atomic E-state index is 13.2. The summed E-state index contributed by atoms with van der Waals surface area (Å²) in [7, 11) is -2.90. The van der Waals surface area contributed by atoms with Crippen LogP contribution in [0.2, 0.25) is 0 Å². The molecule has 2 saturated carbocycles. The number of fused-ring (bicyclic) bond motifs is 1. The zero-order chi connectivity index (χ0) is 21.5. The van der Waals surface area contributed by atoms with Gasteiger partial charge < -0.3 is 0 Å². The Morgan fingerprint density at radius 2 is 1.90 bits per heavy atom. The summed E-state index contributed by atoms with van der Waals surface area (Å²) in [6, 6.07) is 1.60.